The minimum Gasteiger partial charge on any atom is -0.392 e. The van der Waals surface area contributed by atoms with E-state index in [-0.39, 0.29) is 6.61 Å². The number of aliphatic hydroxyl groups excluding tert-OH is 1. The van der Waals surface area contributed by atoms with E-state index in [4.69, 9.17) is 5.11 Å². The SMILES string of the molecule is CC(C)Cn1nc(F)c2c(CO)cccc21. The molecule has 4 heteroatoms. The van der Waals surface area contributed by atoms with Gasteiger partial charge in [0.1, 0.15) is 0 Å². The van der Waals surface area contributed by atoms with E-state index in [1.165, 1.54) is 0 Å². The molecule has 2 rings (SSSR count). The fourth-order valence-corrected chi connectivity index (χ4v) is 1.87. The van der Waals surface area contributed by atoms with Gasteiger partial charge in [-0.25, -0.2) is 0 Å². The highest BCUT2D eigenvalue weighted by Crippen LogP contribution is 2.22. The Morgan fingerprint density at radius 3 is 2.81 bits per heavy atom. The smallest absolute Gasteiger partial charge is 0.240 e. The lowest BCUT2D eigenvalue weighted by molar-refractivity contribution is 0.283. The van der Waals surface area contributed by atoms with Gasteiger partial charge in [-0.2, -0.15) is 4.39 Å². The van der Waals surface area contributed by atoms with Crippen LogP contribution in [0.4, 0.5) is 4.39 Å². The Morgan fingerprint density at radius 2 is 2.19 bits per heavy atom. The molecule has 0 radical (unpaired) electrons. The lowest BCUT2D eigenvalue weighted by Crippen LogP contribution is -2.05. The number of nitrogens with zero attached hydrogens (tertiary/aromatic N) is 2. The van der Waals surface area contributed by atoms with Gasteiger partial charge in [0, 0.05) is 6.54 Å². The first-order valence-corrected chi connectivity index (χ1v) is 5.38. The quantitative estimate of drug-likeness (QED) is 0.865. The maximum Gasteiger partial charge on any atom is 0.240 e. The number of benzene rings is 1. The molecule has 0 fully saturated rings. The van der Waals surface area contributed by atoms with Crippen LogP contribution in [0.15, 0.2) is 18.2 Å². The van der Waals surface area contributed by atoms with Crippen LogP contribution in [0.3, 0.4) is 0 Å². The molecule has 1 heterocycles. The topological polar surface area (TPSA) is 38.0 Å². The van der Waals surface area contributed by atoms with Crippen LogP contribution in [0, 0.1) is 11.9 Å². The van der Waals surface area contributed by atoms with E-state index < -0.39 is 5.95 Å². The molecule has 0 spiro atoms. The number of aliphatic hydroxyl groups is 1. The minimum absolute atomic E-state index is 0.165. The number of halogens is 1. The van der Waals surface area contributed by atoms with Gasteiger partial charge in [-0.3, -0.25) is 4.68 Å². The van der Waals surface area contributed by atoms with Crippen molar-refractivity contribution in [1.82, 2.24) is 9.78 Å². The van der Waals surface area contributed by atoms with E-state index in [1.54, 1.807) is 10.7 Å². The van der Waals surface area contributed by atoms with Crippen molar-refractivity contribution < 1.29 is 9.50 Å². The molecule has 1 aromatic carbocycles. The standard InChI is InChI=1S/C12H15FN2O/c1-8(2)6-15-10-5-3-4-9(7-16)11(10)12(13)14-15/h3-5,8,16H,6-7H2,1-2H3. The summed E-state index contributed by atoms with van der Waals surface area (Å²) in [5, 5.41) is 13.5. The lowest BCUT2D eigenvalue weighted by atomic mass is 10.1. The molecule has 1 aromatic heterocycles. The zero-order valence-electron chi connectivity index (χ0n) is 9.44. The minimum atomic E-state index is -0.500. The predicted octanol–water partition coefficient (Wildman–Crippen LogP) is 2.32. The Bertz CT molecular complexity index is 505. The number of rotatable bonds is 3. The van der Waals surface area contributed by atoms with Gasteiger partial charge in [-0.05, 0) is 17.5 Å². The molecule has 0 unspecified atom stereocenters. The Hall–Kier alpha value is -1.42. The summed E-state index contributed by atoms with van der Waals surface area (Å²) in [5.41, 5.74) is 1.34. The summed E-state index contributed by atoms with van der Waals surface area (Å²) >= 11 is 0. The van der Waals surface area contributed by atoms with E-state index >= 15 is 0 Å². The van der Waals surface area contributed by atoms with E-state index in [2.05, 4.69) is 18.9 Å². The fourth-order valence-electron chi connectivity index (χ4n) is 1.87. The van der Waals surface area contributed by atoms with E-state index in [9.17, 15) is 4.39 Å². The first kappa shape index (κ1) is 11.1. The molecule has 0 saturated carbocycles. The second-order valence-corrected chi connectivity index (χ2v) is 4.34. The third-order valence-corrected chi connectivity index (χ3v) is 2.53. The maximum absolute atomic E-state index is 13.7. The van der Waals surface area contributed by atoms with Gasteiger partial charge in [0.2, 0.25) is 5.95 Å². The molecule has 1 N–H and O–H groups in total. The van der Waals surface area contributed by atoms with Crippen molar-refractivity contribution in [3.63, 3.8) is 0 Å². The largest absolute Gasteiger partial charge is 0.392 e. The second-order valence-electron chi connectivity index (χ2n) is 4.34. The molecular weight excluding hydrogens is 207 g/mol. The van der Waals surface area contributed by atoms with E-state index in [0.717, 1.165) is 5.52 Å². The summed E-state index contributed by atoms with van der Waals surface area (Å²) in [5.74, 6) is -0.0967. The molecule has 86 valence electrons. The zero-order valence-corrected chi connectivity index (χ0v) is 9.44. The third kappa shape index (κ3) is 1.80. The molecule has 16 heavy (non-hydrogen) atoms. The summed E-state index contributed by atoms with van der Waals surface area (Å²) in [7, 11) is 0. The highest BCUT2D eigenvalue weighted by molar-refractivity contribution is 5.82. The van der Waals surface area contributed by atoms with Gasteiger partial charge in [0.25, 0.3) is 0 Å². The number of hydrogen-bond acceptors (Lipinski definition) is 2. The molecule has 0 aliphatic heterocycles. The average Bonchev–Trinajstić information content (AvgIpc) is 2.55. The van der Waals surface area contributed by atoms with Crippen LogP contribution in [0.2, 0.25) is 0 Å². The number of aromatic nitrogens is 2. The Balaban J connectivity index is 2.62. The van der Waals surface area contributed by atoms with Crippen LogP contribution in [-0.2, 0) is 13.2 Å². The summed E-state index contributed by atoms with van der Waals surface area (Å²) in [6.45, 7) is 4.62. The molecule has 0 atom stereocenters. The van der Waals surface area contributed by atoms with Gasteiger partial charge in [0.05, 0.1) is 17.5 Å². The normalized spacial score (nSPS) is 11.6. The monoisotopic (exact) mass is 222 g/mol. The number of hydrogen-bond donors (Lipinski definition) is 1. The van der Waals surface area contributed by atoms with Crippen LogP contribution in [0.5, 0.6) is 0 Å². The van der Waals surface area contributed by atoms with Crippen LogP contribution >= 0.6 is 0 Å². The van der Waals surface area contributed by atoms with Gasteiger partial charge < -0.3 is 5.11 Å². The van der Waals surface area contributed by atoms with Crippen LogP contribution in [0.25, 0.3) is 10.9 Å². The first-order chi connectivity index (χ1) is 7.63. The molecule has 3 nitrogen and oxygen atoms in total. The zero-order chi connectivity index (χ0) is 11.7. The Kier molecular flexibility index (Phi) is 2.92. The fraction of sp³-hybridized carbons (Fsp3) is 0.417. The maximum atomic E-state index is 13.7. The van der Waals surface area contributed by atoms with Gasteiger partial charge in [0.15, 0.2) is 0 Å². The van der Waals surface area contributed by atoms with E-state index in [0.29, 0.717) is 23.4 Å². The highest BCUT2D eigenvalue weighted by Gasteiger charge is 2.13. The number of fused-ring (bicyclic) bond motifs is 1. The van der Waals surface area contributed by atoms with Crippen LogP contribution in [0.1, 0.15) is 19.4 Å². The molecule has 0 aliphatic rings. The Morgan fingerprint density at radius 1 is 1.44 bits per heavy atom. The highest BCUT2D eigenvalue weighted by atomic mass is 19.1. The molecule has 0 bridgehead atoms. The third-order valence-electron chi connectivity index (χ3n) is 2.53. The van der Waals surface area contributed by atoms with Crippen LogP contribution in [-0.4, -0.2) is 14.9 Å². The summed E-state index contributed by atoms with van der Waals surface area (Å²) in [6, 6.07) is 5.35. The molecular formula is C12H15FN2O. The van der Waals surface area contributed by atoms with Crippen molar-refractivity contribution in [3.05, 3.63) is 29.7 Å². The van der Waals surface area contributed by atoms with Crippen molar-refractivity contribution in [2.75, 3.05) is 0 Å². The van der Waals surface area contributed by atoms with Crippen LogP contribution < -0.4 is 0 Å². The molecule has 0 saturated heterocycles. The van der Waals surface area contributed by atoms with Gasteiger partial charge >= 0.3 is 0 Å². The molecule has 0 aliphatic carbocycles. The average molecular weight is 222 g/mol. The van der Waals surface area contributed by atoms with Gasteiger partial charge in [-0.15, -0.1) is 5.10 Å². The van der Waals surface area contributed by atoms with Crippen molar-refractivity contribution in [1.29, 1.82) is 0 Å². The van der Waals surface area contributed by atoms with Gasteiger partial charge in [-0.1, -0.05) is 26.0 Å². The molecule has 2 aromatic rings. The summed E-state index contributed by atoms with van der Waals surface area (Å²) in [6.07, 6.45) is 0. The van der Waals surface area contributed by atoms with Crippen molar-refractivity contribution in [2.45, 2.75) is 27.0 Å². The second kappa shape index (κ2) is 4.22. The summed E-state index contributed by atoms with van der Waals surface area (Å²) in [4.78, 5) is 0. The summed E-state index contributed by atoms with van der Waals surface area (Å²) < 4.78 is 15.3. The van der Waals surface area contributed by atoms with Crippen molar-refractivity contribution in [2.24, 2.45) is 5.92 Å². The van der Waals surface area contributed by atoms with E-state index in [1.807, 2.05) is 12.1 Å². The molecule has 0 amide bonds. The van der Waals surface area contributed by atoms with Crippen molar-refractivity contribution in [3.8, 4) is 0 Å². The predicted molar refractivity (Wildman–Crippen MR) is 60.5 cm³/mol. The first-order valence-electron chi connectivity index (χ1n) is 5.38. The Labute approximate surface area is 93.5 Å². The van der Waals surface area contributed by atoms with Crippen molar-refractivity contribution >= 4 is 10.9 Å². The lowest BCUT2D eigenvalue weighted by Gasteiger charge is -2.06.